The van der Waals surface area contributed by atoms with E-state index in [0.29, 0.717) is 12.1 Å². The maximum Gasteiger partial charge on any atom is 0.251 e. The number of nitrogens with zero attached hydrogens (tertiary/aromatic N) is 1. The number of aromatic nitrogens is 1. The van der Waals surface area contributed by atoms with E-state index in [1.54, 1.807) is 11.3 Å². The van der Waals surface area contributed by atoms with E-state index in [9.17, 15) is 4.79 Å². The van der Waals surface area contributed by atoms with Crippen LogP contribution in [0.4, 0.5) is 5.69 Å². The van der Waals surface area contributed by atoms with Gasteiger partial charge in [-0.05, 0) is 44.5 Å². The van der Waals surface area contributed by atoms with E-state index in [1.165, 1.54) is 4.88 Å². The second-order valence-electron chi connectivity index (χ2n) is 4.66. The van der Waals surface area contributed by atoms with Gasteiger partial charge in [-0.2, -0.15) is 0 Å². The van der Waals surface area contributed by atoms with Crippen LogP contribution in [-0.4, -0.2) is 17.4 Å². The molecule has 0 bridgehead atoms. The molecular formula is C15H19N3OS. The lowest BCUT2D eigenvalue weighted by Crippen LogP contribution is -2.22. The third-order valence-electron chi connectivity index (χ3n) is 3.08. The standard InChI is InChI=1S/C15H19N3OS/c1-4-17-15(19)12-5-6-13(10(2)7-12)18-11(3)14-8-16-9-20-14/h5-9,11,18H,4H2,1-3H3,(H,17,19). The third-order valence-corrected chi connectivity index (χ3v) is 4.03. The molecule has 4 nitrogen and oxygen atoms in total. The van der Waals surface area contributed by atoms with Crippen molar-refractivity contribution in [3.63, 3.8) is 0 Å². The minimum absolute atomic E-state index is 0.0299. The van der Waals surface area contributed by atoms with Crippen LogP contribution in [0.3, 0.4) is 0 Å². The Morgan fingerprint density at radius 1 is 1.45 bits per heavy atom. The van der Waals surface area contributed by atoms with Gasteiger partial charge in [0.15, 0.2) is 0 Å². The minimum atomic E-state index is -0.0299. The summed E-state index contributed by atoms with van der Waals surface area (Å²) in [6.07, 6.45) is 1.88. The molecule has 5 heteroatoms. The first-order valence-electron chi connectivity index (χ1n) is 6.65. The Bertz CT molecular complexity index is 581. The Balaban J connectivity index is 2.12. The Labute approximate surface area is 123 Å². The number of hydrogen-bond donors (Lipinski definition) is 2. The minimum Gasteiger partial charge on any atom is -0.377 e. The third kappa shape index (κ3) is 3.36. The van der Waals surface area contributed by atoms with Crippen molar-refractivity contribution in [1.82, 2.24) is 10.3 Å². The number of aryl methyl sites for hydroxylation is 1. The predicted octanol–water partition coefficient (Wildman–Crippen LogP) is 3.37. The summed E-state index contributed by atoms with van der Waals surface area (Å²) < 4.78 is 0. The van der Waals surface area contributed by atoms with E-state index >= 15 is 0 Å². The topological polar surface area (TPSA) is 54.0 Å². The fourth-order valence-electron chi connectivity index (χ4n) is 1.97. The van der Waals surface area contributed by atoms with Gasteiger partial charge < -0.3 is 10.6 Å². The number of hydrogen-bond acceptors (Lipinski definition) is 4. The van der Waals surface area contributed by atoms with Crippen LogP contribution in [0.1, 0.15) is 40.7 Å². The zero-order chi connectivity index (χ0) is 14.5. The van der Waals surface area contributed by atoms with Crippen LogP contribution >= 0.6 is 11.3 Å². The first-order chi connectivity index (χ1) is 9.61. The molecule has 0 fully saturated rings. The van der Waals surface area contributed by atoms with Crippen molar-refractivity contribution in [3.8, 4) is 0 Å². The zero-order valence-electron chi connectivity index (χ0n) is 11.9. The van der Waals surface area contributed by atoms with Crippen LogP contribution in [0.15, 0.2) is 29.9 Å². The first kappa shape index (κ1) is 14.5. The maximum absolute atomic E-state index is 11.8. The average Bonchev–Trinajstić information content (AvgIpc) is 2.95. The summed E-state index contributed by atoms with van der Waals surface area (Å²) in [6.45, 7) is 6.66. The molecule has 1 aromatic carbocycles. The highest BCUT2D eigenvalue weighted by Gasteiger charge is 2.10. The quantitative estimate of drug-likeness (QED) is 0.887. The summed E-state index contributed by atoms with van der Waals surface area (Å²) in [6, 6.07) is 5.92. The Morgan fingerprint density at radius 3 is 2.85 bits per heavy atom. The molecule has 1 heterocycles. The van der Waals surface area contributed by atoms with Crippen LogP contribution in [-0.2, 0) is 0 Å². The number of thiazole rings is 1. The van der Waals surface area contributed by atoms with Crippen molar-refractivity contribution < 1.29 is 4.79 Å². The molecular weight excluding hydrogens is 270 g/mol. The molecule has 20 heavy (non-hydrogen) atoms. The SMILES string of the molecule is CCNC(=O)c1ccc(NC(C)c2cncs2)c(C)c1. The van der Waals surface area contributed by atoms with Gasteiger partial charge in [-0.1, -0.05) is 0 Å². The van der Waals surface area contributed by atoms with Crippen molar-refractivity contribution in [2.45, 2.75) is 26.8 Å². The van der Waals surface area contributed by atoms with Crippen molar-refractivity contribution in [2.24, 2.45) is 0 Å². The molecule has 1 atom stereocenters. The van der Waals surface area contributed by atoms with E-state index in [2.05, 4.69) is 22.5 Å². The lowest BCUT2D eigenvalue weighted by Gasteiger charge is -2.16. The summed E-state index contributed by atoms with van der Waals surface area (Å²) in [7, 11) is 0. The molecule has 0 saturated carbocycles. The monoisotopic (exact) mass is 289 g/mol. The van der Waals surface area contributed by atoms with Crippen LogP contribution in [0.25, 0.3) is 0 Å². The van der Waals surface area contributed by atoms with Gasteiger partial charge in [0.25, 0.3) is 5.91 Å². The molecule has 106 valence electrons. The maximum atomic E-state index is 11.8. The van der Waals surface area contributed by atoms with Crippen molar-refractivity contribution >= 4 is 22.9 Å². The Kier molecular flexibility index (Phi) is 4.74. The van der Waals surface area contributed by atoms with Gasteiger partial charge >= 0.3 is 0 Å². The van der Waals surface area contributed by atoms with Gasteiger partial charge in [0, 0.05) is 28.9 Å². The molecule has 2 aromatic rings. The van der Waals surface area contributed by atoms with Crippen LogP contribution in [0.2, 0.25) is 0 Å². The van der Waals surface area contributed by atoms with Crippen molar-refractivity contribution in [2.75, 3.05) is 11.9 Å². The summed E-state index contributed by atoms with van der Waals surface area (Å²) in [5, 5.41) is 6.26. The molecule has 0 aliphatic heterocycles. The van der Waals surface area contributed by atoms with E-state index in [-0.39, 0.29) is 11.9 Å². The largest absolute Gasteiger partial charge is 0.377 e. The lowest BCUT2D eigenvalue weighted by atomic mass is 10.1. The second-order valence-corrected chi connectivity index (χ2v) is 5.58. The van der Waals surface area contributed by atoms with Crippen molar-refractivity contribution in [3.05, 3.63) is 45.9 Å². The number of rotatable bonds is 5. The molecule has 1 amide bonds. The summed E-state index contributed by atoms with van der Waals surface area (Å²) in [5.41, 5.74) is 4.63. The van der Waals surface area contributed by atoms with Gasteiger partial charge in [-0.3, -0.25) is 9.78 Å². The summed E-state index contributed by atoms with van der Waals surface area (Å²) >= 11 is 1.63. The lowest BCUT2D eigenvalue weighted by molar-refractivity contribution is 0.0956. The average molecular weight is 289 g/mol. The molecule has 0 saturated heterocycles. The highest BCUT2D eigenvalue weighted by Crippen LogP contribution is 2.24. The molecule has 1 unspecified atom stereocenters. The van der Waals surface area contributed by atoms with E-state index in [4.69, 9.17) is 0 Å². The fourth-order valence-corrected chi connectivity index (χ4v) is 2.60. The first-order valence-corrected chi connectivity index (χ1v) is 7.53. The van der Waals surface area contributed by atoms with E-state index < -0.39 is 0 Å². The number of anilines is 1. The van der Waals surface area contributed by atoms with Gasteiger partial charge in [0.2, 0.25) is 0 Å². The molecule has 0 radical (unpaired) electrons. The summed E-state index contributed by atoms with van der Waals surface area (Å²) in [5.74, 6) is -0.0299. The van der Waals surface area contributed by atoms with Crippen LogP contribution in [0.5, 0.6) is 0 Å². The normalized spacial score (nSPS) is 11.9. The van der Waals surface area contributed by atoms with Gasteiger partial charge in [-0.15, -0.1) is 11.3 Å². The van der Waals surface area contributed by atoms with Crippen molar-refractivity contribution in [1.29, 1.82) is 0 Å². The molecule has 0 aliphatic rings. The summed E-state index contributed by atoms with van der Waals surface area (Å²) in [4.78, 5) is 17.1. The smallest absolute Gasteiger partial charge is 0.251 e. The molecule has 1 aromatic heterocycles. The van der Waals surface area contributed by atoms with E-state index in [1.807, 2.05) is 43.8 Å². The zero-order valence-corrected chi connectivity index (χ0v) is 12.8. The molecule has 0 spiro atoms. The van der Waals surface area contributed by atoms with Gasteiger partial charge in [0.05, 0.1) is 11.6 Å². The van der Waals surface area contributed by atoms with Crippen LogP contribution in [0, 0.1) is 6.92 Å². The number of carbonyl (C=O) groups is 1. The van der Waals surface area contributed by atoms with E-state index in [0.717, 1.165) is 11.3 Å². The number of benzene rings is 1. The Morgan fingerprint density at radius 2 is 2.25 bits per heavy atom. The van der Waals surface area contributed by atoms with Crippen LogP contribution < -0.4 is 10.6 Å². The Hall–Kier alpha value is -1.88. The predicted molar refractivity (Wildman–Crippen MR) is 83.3 cm³/mol. The molecule has 0 aliphatic carbocycles. The highest BCUT2D eigenvalue weighted by molar-refractivity contribution is 7.09. The number of nitrogens with one attached hydrogen (secondary N) is 2. The van der Waals surface area contributed by atoms with Gasteiger partial charge in [0.1, 0.15) is 0 Å². The fraction of sp³-hybridized carbons (Fsp3) is 0.333. The number of carbonyl (C=O) groups excluding carboxylic acids is 1. The molecule has 2 rings (SSSR count). The van der Waals surface area contributed by atoms with Gasteiger partial charge in [-0.25, -0.2) is 0 Å². The molecule has 2 N–H and O–H groups in total. The highest BCUT2D eigenvalue weighted by atomic mass is 32.1. The second kappa shape index (κ2) is 6.52. The number of amides is 1.